The van der Waals surface area contributed by atoms with Crippen molar-refractivity contribution >= 4 is 15.7 Å². The first-order valence-corrected chi connectivity index (χ1v) is 8.69. The fourth-order valence-electron chi connectivity index (χ4n) is 3.12. The number of anilines is 1. The Morgan fingerprint density at radius 3 is 2.67 bits per heavy atom. The zero-order chi connectivity index (χ0) is 15.6. The lowest BCUT2D eigenvalue weighted by atomic mass is 9.94. The van der Waals surface area contributed by atoms with E-state index in [1.54, 1.807) is 0 Å². The van der Waals surface area contributed by atoms with Crippen LogP contribution < -0.4 is 10.5 Å². The molecule has 21 heavy (non-hydrogen) atoms. The fraction of sp³-hybridized carbons (Fsp3) is 0.533. The van der Waals surface area contributed by atoms with Gasteiger partial charge in [0, 0.05) is 6.04 Å². The highest BCUT2D eigenvalue weighted by atomic mass is 32.2. The Kier molecular flexibility index (Phi) is 4.55. The highest BCUT2D eigenvalue weighted by Crippen LogP contribution is 2.35. The molecule has 1 fully saturated rings. The molecule has 3 unspecified atom stereocenters. The molecule has 0 spiro atoms. The Labute approximate surface area is 126 Å². The third kappa shape index (κ3) is 3.20. The van der Waals surface area contributed by atoms with Gasteiger partial charge in [-0.05, 0) is 42.9 Å². The number of nitrogens with zero attached hydrogens (tertiary/aromatic N) is 1. The standard InChI is InChI=1S/C15H21N3O2S/c1-3-12-5-6-14(10(12)2)18-21(19,20)15-7-4-11(9-16)8-13(15)17/h4,7-8,10,12,14,18H,3,5-6,17H2,1-2H3. The molecule has 0 saturated heterocycles. The largest absolute Gasteiger partial charge is 0.398 e. The van der Waals surface area contributed by atoms with Crippen LogP contribution >= 0.6 is 0 Å². The average Bonchev–Trinajstić information content (AvgIpc) is 2.78. The van der Waals surface area contributed by atoms with Gasteiger partial charge in [-0.3, -0.25) is 0 Å². The van der Waals surface area contributed by atoms with Crippen LogP contribution in [0.2, 0.25) is 0 Å². The van der Waals surface area contributed by atoms with E-state index in [0.717, 1.165) is 19.3 Å². The minimum atomic E-state index is -3.65. The van der Waals surface area contributed by atoms with Crippen molar-refractivity contribution in [3.63, 3.8) is 0 Å². The van der Waals surface area contributed by atoms with E-state index in [1.165, 1.54) is 18.2 Å². The molecule has 1 saturated carbocycles. The van der Waals surface area contributed by atoms with Crippen molar-refractivity contribution < 1.29 is 8.42 Å². The summed E-state index contributed by atoms with van der Waals surface area (Å²) in [5.74, 6) is 0.889. The van der Waals surface area contributed by atoms with Gasteiger partial charge >= 0.3 is 0 Å². The lowest BCUT2D eigenvalue weighted by molar-refractivity contribution is 0.368. The molecule has 0 aliphatic heterocycles. The highest BCUT2D eigenvalue weighted by Gasteiger charge is 2.34. The molecule has 0 amide bonds. The second-order valence-electron chi connectivity index (χ2n) is 5.70. The summed E-state index contributed by atoms with van der Waals surface area (Å²) in [5.41, 5.74) is 6.24. The molecule has 1 aliphatic carbocycles. The zero-order valence-electron chi connectivity index (χ0n) is 12.3. The van der Waals surface area contributed by atoms with Gasteiger partial charge in [-0.15, -0.1) is 0 Å². The van der Waals surface area contributed by atoms with Crippen molar-refractivity contribution in [3.8, 4) is 6.07 Å². The van der Waals surface area contributed by atoms with Crippen LogP contribution in [0.4, 0.5) is 5.69 Å². The summed E-state index contributed by atoms with van der Waals surface area (Å²) >= 11 is 0. The maximum atomic E-state index is 12.5. The normalized spacial score (nSPS) is 25.7. The molecule has 3 N–H and O–H groups in total. The number of hydrogen-bond donors (Lipinski definition) is 2. The fourth-order valence-corrected chi connectivity index (χ4v) is 4.59. The van der Waals surface area contributed by atoms with E-state index in [2.05, 4.69) is 18.6 Å². The quantitative estimate of drug-likeness (QED) is 0.834. The van der Waals surface area contributed by atoms with E-state index < -0.39 is 10.0 Å². The summed E-state index contributed by atoms with van der Waals surface area (Å²) in [7, 11) is -3.65. The van der Waals surface area contributed by atoms with Crippen LogP contribution in [0.3, 0.4) is 0 Å². The topological polar surface area (TPSA) is 96.0 Å². The van der Waals surface area contributed by atoms with E-state index in [-0.39, 0.29) is 16.6 Å². The number of hydrogen-bond acceptors (Lipinski definition) is 4. The first kappa shape index (κ1) is 15.8. The summed E-state index contributed by atoms with van der Waals surface area (Å²) in [6.45, 7) is 4.23. The average molecular weight is 307 g/mol. The zero-order valence-corrected chi connectivity index (χ0v) is 13.2. The monoisotopic (exact) mass is 307 g/mol. The van der Waals surface area contributed by atoms with Gasteiger partial charge in [-0.2, -0.15) is 5.26 Å². The van der Waals surface area contributed by atoms with Gasteiger partial charge in [-0.25, -0.2) is 13.1 Å². The Morgan fingerprint density at radius 2 is 2.14 bits per heavy atom. The molecule has 2 rings (SSSR count). The third-order valence-corrected chi connectivity index (χ3v) is 6.05. The van der Waals surface area contributed by atoms with Crippen LogP contribution in [-0.2, 0) is 10.0 Å². The van der Waals surface area contributed by atoms with Crippen molar-refractivity contribution in [3.05, 3.63) is 23.8 Å². The van der Waals surface area contributed by atoms with Gasteiger partial charge in [0.25, 0.3) is 0 Å². The Morgan fingerprint density at radius 1 is 1.43 bits per heavy atom. The van der Waals surface area contributed by atoms with Gasteiger partial charge in [-0.1, -0.05) is 20.3 Å². The maximum absolute atomic E-state index is 12.5. The summed E-state index contributed by atoms with van der Waals surface area (Å²) in [6.07, 6.45) is 2.97. The SMILES string of the molecule is CCC1CCC(NS(=O)(=O)c2ccc(C#N)cc2N)C1C. The Hall–Kier alpha value is -1.58. The van der Waals surface area contributed by atoms with E-state index >= 15 is 0 Å². The molecular formula is C15H21N3O2S. The highest BCUT2D eigenvalue weighted by molar-refractivity contribution is 7.89. The molecule has 1 aromatic carbocycles. The molecule has 1 aromatic rings. The van der Waals surface area contributed by atoms with Crippen molar-refractivity contribution in [2.75, 3.05) is 5.73 Å². The summed E-state index contributed by atoms with van der Waals surface area (Å²) < 4.78 is 27.7. The van der Waals surface area contributed by atoms with Crippen molar-refractivity contribution in [1.29, 1.82) is 5.26 Å². The van der Waals surface area contributed by atoms with E-state index in [4.69, 9.17) is 11.0 Å². The number of nitriles is 1. The minimum Gasteiger partial charge on any atom is -0.398 e. The predicted octanol–water partition coefficient (Wildman–Crippen LogP) is 2.24. The number of nitrogens with one attached hydrogen (secondary N) is 1. The number of nitrogen functional groups attached to an aromatic ring is 1. The molecule has 6 heteroatoms. The van der Waals surface area contributed by atoms with Crippen LogP contribution in [0.15, 0.2) is 23.1 Å². The van der Waals surface area contributed by atoms with Crippen molar-refractivity contribution in [2.45, 2.75) is 44.0 Å². The molecule has 0 bridgehead atoms. The van der Waals surface area contributed by atoms with Gasteiger partial charge < -0.3 is 5.73 Å². The minimum absolute atomic E-state index is 0.0463. The third-order valence-electron chi connectivity index (χ3n) is 4.49. The van der Waals surface area contributed by atoms with E-state index in [1.807, 2.05) is 6.07 Å². The van der Waals surface area contributed by atoms with E-state index in [0.29, 0.717) is 17.4 Å². The maximum Gasteiger partial charge on any atom is 0.242 e. The van der Waals surface area contributed by atoms with Crippen LogP contribution in [-0.4, -0.2) is 14.5 Å². The first-order chi connectivity index (χ1) is 9.89. The number of benzene rings is 1. The summed E-state index contributed by atoms with van der Waals surface area (Å²) in [6, 6.07) is 6.15. The predicted molar refractivity (Wildman–Crippen MR) is 81.9 cm³/mol. The number of nitrogens with two attached hydrogens (primary N) is 1. The van der Waals surface area contributed by atoms with Crippen LogP contribution in [0, 0.1) is 23.2 Å². The van der Waals surface area contributed by atoms with E-state index in [9.17, 15) is 8.42 Å². The van der Waals surface area contributed by atoms with Gasteiger partial charge in [0.2, 0.25) is 10.0 Å². The van der Waals surface area contributed by atoms with Crippen LogP contribution in [0.1, 0.15) is 38.7 Å². The second kappa shape index (κ2) is 6.04. The molecule has 0 aromatic heterocycles. The first-order valence-electron chi connectivity index (χ1n) is 7.21. The molecule has 0 radical (unpaired) electrons. The molecule has 5 nitrogen and oxygen atoms in total. The Bertz CT molecular complexity index is 664. The van der Waals surface area contributed by atoms with Gasteiger partial charge in [0.05, 0.1) is 17.3 Å². The van der Waals surface area contributed by atoms with Gasteiger partial charge in [0.1, 0.15) is 4.90 Å². The summed E-state index contributed by atoms with van der Waals surface area (Å²) in [5, 5.41) is 8.81. The van der Waals surface area contributed by atoms with Crippen molar-refractivity contribution in [2.24, 2.45) is 11.8 Å². The van der Waals surface area contributed by atoms with Crippen LogP contribution in [0.25, 0.3) is 0 Å². The second-order valence-corrected chi connectivity index (χ2v) is 7.38. The summed E-state index contributed by atoms with van der Waals surface area (Å²) in [4.78, 5) is 0.0497. The lowest BCUT2D eigenvalue weighted by Gasteiger charge is -2.21. The lowest BCUT2D eigenvalue weighted by Crippen LogP contribution is -2.37. The molecule has 114 valence electrons. The number of rotatable bonds is 4. The molecule has 1 aliphatic rings. The van der Waals surface area contributed by atoms with Crippen LogP contribution in [0.5, 0.6) is 0 Å². The Balaban J connectivity index is 2.22. The molecular weight excluding hydrogens is 286 g/mol. The smallest absolute Gasteiger partial charge is 0.242 e. The molecule has 0 heterocycles. The van der Waals surface area contributed by atoms with Gasteiger partial charge in [0.15, 0.2) is 0 Å². The van der Waals surface area contributed by atoms with Crippen molar-refractivity contribution in [1.82, 2.24) is 4.72 Å². The number of sulfonamides is 1. The molecule has 3 atom stereocenters.